The Balaban J connectivity index is 1.77. The number of hydrogen-bond donors (Lipinski definition) is 1. The standard InChI is InChI=1S/C16H21NO2/c1-2-17-16(15-8-5-9-18-15)13-10-12-6-3-4-7-14(12)19-11-13/h3-4,6-8,13,16-17H,2,5,9-11H2,1H3. The van der Waals surface area contributed by atoms with E-state index < -0.39 is 0 Å². The van der Waals surface area contributed by atoms with Crippen molar-refractivity contribution in [3.8, 4) is 5.75 Å². The van der Waals surface area contributed by atoms with Gasteiger partial charge in [0.1, 0.15) is 11.5 Å². The Morgan fingerprint density at radius 1 is 1.32 bits per heavy atom. The molecule has 102 valence electrons. The molecule has 2 heterocycles. The molecule has 0 spiro atoms. The van der Waals surface area contributed by atoms with Gasteiger partial charge in [0.15, 0.2) is 0 Å². The van der Waals surface area contributed by atoms with E-state index in [1.54, 1.807) is 0 Å². The van der Waals surface area contributed by atoms with Crippen molar-refractivity contribution in [1.29, 1.82) is 0 Å². The molecule has 0 amide bonds. The molecule has 0 fully saturated rings. The van der Waals surface area contributed by atoms with Crippen LogP contribution in [-0.2, 0) is 11.2 Å². The summed E-state index contributed by atoms with van der Waals surface area (Å²) in [5.74, 6) is 2.59. The minimum Gasteiger partial charge on any atom is -0.496 e. The second kappa shape index (κ2) is 5.66. The van der Waals surface area contributed by atoms with Gasteiger partial charge in [-0.25, -0.2) is 0 Å². The molecular formula is C16H21NO2. The van der Waals surface area contributed by atoms with Gasteiger partial charge in [0, 0.05) is 12.3 Å². The normalized spacial score (nSPS) is 23.0. The van der Waals surface area contributed by atoms with E-state index in [0.29, 0.717) is 5.92 Å². The summed E-state index contributed by atoms with van der Waals surface area (Å²) in [5, 5.41) is 3.55. The lowest BCUT2D eigenvalue weighted by Gasteiger charge is -2.32. The zero-order valence-corrected chi connectivity index (χ0v) is 11.4. The lowest BCUT2D eigenvalue weighted by Crippen LogP contribution is -2.43. The van der Waals surface area contributed by atoms with Crippen LogP contribution in [0.15, 0.2) is 36.1 Å². The minimum absolute atomic E-state index is 0.279. The summed E-state index contributed by atoms with van der Waals surface area (Å²) in [7, 11) is 0. The number of fused-ring (bicyclic) bond motifs is 1. The summed E-state index contributed by atoms with van der Waals surface area (Å²) in [6, 6.07) is 8.61. The first-order chi connectivity index (χ1) is 9.38. The molecule has 3 heteroatoms. The zero-order valence-electron chi connectivity index (χ0n) is 11.4. The van der Waals surface area contributed by atoms with Crippen LogP contribution < -0.4 is 10.1 Å². The van der Waals surface area contributed by atoms with Crippen LogP contribution in [0.5, 0.6) is 5.75 Å². The third-order valence-electron chi connectivity index (χ3n) is 3.84. The van der Waals surface area contributed by atoms with Gasteiger partial charge in [-0.05, 0) is 30.7 Å². The van der Waals surface area contributed by atoms with Crippen LogP contribution >= 0.6 is 0 Å². The number of rotatable bonds is 4. The zero-order chi connectivity index (χ0) is 13.1. The number of nitrogens with one attached hydrogen (secondary N) is 1. The molecule has 1 aromatic rings. The third kappa shape index (κ3) is 2.61. The summed E-state index contributed by atoms with van der Waals surface area (Å²) in [6.07, 6.45) is 4.30. The largest absolute Gasteiger partial charge is 0.496 e. The Kier molecular flexibility index (Phi) is 3.74. The average molecular weight is 259 g/mol. The molecule has 3 nitrogen and oxygen atoms in total. The van der Waals surface area contributed by atoms with Gasteiger partial charge in [-0.1, -0.05) is 25.1 Å². The average Bonchev–Trinajstić information content (AvgIpc) is 2.98. The topological polar surface area (TPSA) is 30.5 Å². The molecule has 0 saturated heterocycles. The van der Waals surface area contributed by atoms with E-state index in [1.807, 2.05) is 6.07 Å². The van der Waals surface area contributed by atoms with Crippen LogP contribution in [0.2, 0.25) is 0 Å². The Bertz CT molecular complexity index is 470. The molecule has 1 N–H and O–H groups in total. The first kappa shape index (κ1) is 12.5. The Morgan fingerprint density at radius 2 is 2.21 bits per heavy atom. The summed E-state index contributed by atoms with van der Waals surface area (Å²) >= 11 is 0. The van der Waals surface area contributed by atoms with E-state index in [1.165, 1.54) is 5.56 Å². The second-order valence-corrected chi connectivity index (χ2v) is 5.16. The van der Waals surface area contributed by atoms with Crippen molar-refractivity contribution >= 4 is 0 Å². The molecular weight excluding hydrogens is 238 g/mol. The van der Waals surface area contributed by atoms with Gasteiger partial charge in [0.05, 0.1) is 19.3 Å². The Morgan fingerprint density at radius 3 is 3.00 bits per heavy atom. The van der Waals surface area contributed by atoms with Crippen LogP contribution in [0.25, 0.3) is 0 Å². The van der Waals surface area contributed by atoms with E-state index in [4.69, 9.17) is 9.47 Å². The third-order valence-corrected chi connectivity index (χ3v) is 3.84. The van der Waals surface area contributed by atoms with E-state index >= 15 is 0 Å². The number of hydrogen-bond acceptors (Lipinski definition) is 3. The van der Waals surface area contributed by atoms with Gasteiger partial charge in [-0.2, -0.15) is 0 Å². The van der Waals surface area contributed by atoms with Crippen LogP contribution in [0.3, 0.4) is 0 Å². The maximum Gasteiger partial charge on any atom is 0.122 e. The summed E-state index contributed by atoms with van der Waals surface area (Å²) in [6.45, 7) is 4.67. The molecule has 2 atom stereocenters. The molecule has 0 aliphatic carbocycles. The maximum absolute atomic E-state index is 5.90. The quantitative estimate of drug-likeness (QED) is 0.901. The van der Waals surface area contributed by atoms with Gasteiger partial charge in [0.25, 0.3) is 0 Å². The number of likely N-dealkylation sites (N-methyl/N-ethyl adjacent to an activating group) is 1. The predicted octanol–water partition coefficient (Wildman–Crippen LogP) is 2.52. The highest BCUT2D eigenvalue weighted by molar-refractivity contribution is 5.35. The van der Waals surface area contributed by atoms with Gasteiger partial charge < -0.3 is 14.8 Å². The molecule has 2 unspecified atom stereocenters. The van der Waals surface area contributed by atoms with Crippen molar-refractivity contribution in [1.82, 2.24) is 5.32 Å². The molecule has 0 radical (unpaired) electrons. The smallest absolute Gasteiger partial charge is 0.122 e. The lowest BCUT2D eigenvalue weighted by atomic mass is 9.89. The molecule has 1 aromatic carbocycles. The predicted molar refractivity (Wildman–Crippen MR) is 75.2 cm³/mol. The monoisotopic (exact) mass is 259 g/mol. The summed E-state index contributed by atoms with van der Waals surface area (Å²) < 4.78 is 11.7. The van der Waals surface area contributed by atoms with Crippen molar-refractivity contribution in [3.05, 3.63) is 41.7 Å². The highest BCUT2D eigenvalue weighted by Crippen LogP contribution is 2.31. The minimum atomic E-state index is 0.279. The first-order valence-corrected chi connectivity index (χ1v) is 7.15. The fourth-order valence-corrected chi connectivity index (χ4v) is 2.94. The van der Waals surface area contributed by atoms with Crippen LogP contribution in [0, 0.1) is 5.92 Å². The molecule has 0 aromatic heterocycles. The van der Waals surface area contributed by atoms with Crippen molar-refractivity contribution in [2.75, 3.05) is 19.8 Å². The SMILES string of the molecule is CCNC(C1=CCCO1)C1COc2ccccc2C1. The molecule has 3 rings (SSSR count). The van der Waals surface area contributed by atoms with Crippen LogP contribution in [0.4, 0.5) is 0 Å². The Hall–Kier alpha value is -1.48. The summed E-state index contributed by atoms with van der Waals surface area (Å²) in [5.41, 5.74) is 1.31. The molecule has 2 aliphatic rings. The van der Waals surface area contributed by atoms with Crippen LogP contribution in [0.1, 0.15) is 18.9 Å². The highest BCUT2D eigenvalue weighted by Gasteiger charge is 2.31. The summed E-state index contributed by atoms with van der Waals surface area (Å²) in [4.78, 5) is 0. The molecule has 19 heavy (non-hydrogen) atoms. The van der Waals surface area contributed by atoms with Gasteiger partial charge in [-0.15, -0.1) is 0 Å². The highest BCUT2D eigenvalue weighted by atomic mass is 16.5. The number of ether oxygens (including phenoxy) is 2. The number of benzene rings is 1. The van der Waals surface area contributed by atoms with Crippen molar-refractivity contribution in [2.45, 2.75) is 25.8 Å². The van der Waals surface area contributed by atoms with Crippen LogP contribution in [-0.4, -0.2) is 25.8 Å². The van der Waals surface area contributed by atoms with E-state index in [9.17, 15) is 0 Å². The maximum atomic E-state index is 5.90. The van der Waals surface area contributed by atoms with Gasteiger partial charge >= 0.3 is 0 Å². The fraction of sp³-hybridized carbons (Fsp3) is 0.500. The van der Waals surface area contributed by atoms with Crippen molar-refractivity contribution < 1.29 is 9.47 Å². The first-order valence-electron chi connectivity index (χ1n) is 7.15. The Labute approximate surface area is 114 Å². The van der Waals surface area contributed by atoms with Crippen molar-refractivity contribution in [3.63, 3.8) is 0 Å². The molecule has 2 aliphatic heterocycles. The molecule has 0 saturated carbocycles. The fourth-order valence-electron chi connectivity index (χ4n) is 2.94. The number of para-hydroxylation sites is 1. The van der Waals surface area contributed by atoms with Crippen molar-refractivity contribution in [2.24, 2.45) is 5.92 Å². The van der Waals surface area contributed by atoms with Gasteiger partial charge in [-0.3, -0.25) is 0 Å². The van der Waals surface area contributed by atoms with E-state index in [2.05, 4.69) is 36.5 Å². The van der Waals surface area contributed by atoms with Gasteiger partial charge in [0.2, 0.25) is 0 Å². The lowest BCUT2D eigenvalue weighted by molar-refractivity contribution is 0.148. The van der Waals surface area contributed by atoms with E-state index in [-0.39, 0.29) is 6.04 Å². The molecule has 0 bridgehead atoms. The van der Waals surface area contributed by atoms with E-state index in [0.717, 1.165) is 44.1 Å². The second-order valence-electron chi connectivity index (χ2n) is 5.16.